The molecule has 1 amide bonds. The molecule has 0 unspecified atom stereocenters. The number of rotatable bonds is 7. The Hall–Kier alpha value is -1.85. The summed E-state index contributed by atoms with van der Waals surface area (Å²) in [5, 5.41) is 9.05. The third-order valence-corrected chi connectivity index (χ3v) is 3.33. The normalized spacial score (nSPS) is 13.9. The second-order valence-corrected chi connectivity index (χ2v) is 5.13. The monoisotopic (exact) mass is 277 g/mol. The number of carbonyl (C=O) groups is 1. The van der Waals surface area contributed by atoms with Crippen molar-refractivity contribution in [1.82, 2.24) is 15.3 Å². The van der Waals surface area contributed by atoms with Crippen molar-refractivity contribution in [1.29, 1.82) is 0 Å². The van der Waals surface area contributed by atoms with Crippen LogP contribution in [0, 0.1) is 6.92 Å². The molecule has 3 N–H and O–H groups in total. The summed E-state index contributed by atoms with van der Waals surface area (Å²) in [6, 6.07) is 0. The van der Waals surface area contributed by atoms with E-state index in [1.54, 1.807) is 0 Å². The summed E-state index contributed by atoms with van der Waals surface area (Å²) in [6.07, 6.45) is 3.25. The van der Waals surface area contributed by atoms with Gasteiger partial charge in [-0.05, 0) is 26.2 Å². The number of hydrogen-bond acceptors (Lipinski definition) is 5. The molecule has 20 heavy (non-hydrogen) atoms. The number of carbonyl (C=O) groups excluding carboxylic acids is 1. The Balaban J connectivity index is 2.05. The summed E-state index contributed by atoms with van der Waals surface area (Å²) >= 11 is 0. The van der Waals surface area contributed by atoms with Crippen molar-refractivity contribution in [3.05, 3.63) is 11.4 Å². The van der Waals surface area contributed by atoms with Gasteiger partial charge in [-0.1, -0.05) is 6.92 Å². The maximum absolute atomic E-state index is 11.6. The minimum absolute atomic E-state index is 0.0103. The van der Waals surface area contributed by atoms with Gasteiger partial charge in [0.05, 0.1) is 6.54 Å². The minimum Gasteiger partial charge on any atom is -0.373 e. The molecule has 1 heterocycles. The standard InChI is InChI=1S/C14H23N5O/c1-4-7-16-11(20)8-17-13-9(2)12(15-3)18-14(19-13)10-5-6-10/h10H,4-8H2,1-3H3,(H,16,20)(H2,15,17,18,19). The summed E-state index contributed by atoms with van der Waals surface area (Å²) in [5.41, 5.74) is 0.945. The molecule has 0 aromatic carbocycles. The molecule has 110 valence electrons. The number of anilines is 2. The summed E-state index contributed by atoms with van der Waals surface area (Å²) < 4.78 is 0. The Kier molecular flexibility index (Phi) is 4.76. The van der Waals surface area contributed by atoms with Gasteiger partial charge in [0.25, 0.3) is 0 Å². The Morgan fingerprint density at radius 1 is 1.30 bits per heavy atom. The van der Waals surface area contributed by atoms with Crippen LogP contribution in [-0.4, -0.2) is 36.0 Å². The van der Waals surface area contributed by atoms with Gasteiger partial charge in [0.15, 0.2) is 0 Å². The van der Waals surface area contributed by atoms with E-state index < -0.39 is 0 Å². The van der Waals surface area contributed by atoms with E-state index >= 15 is 0 Å². The van der Waals surface area contributed by atoms with Crippen LogP contribution in [-0.2, 0) is 4.79 Å². The summed E-state index contributed by atoms with van der Waals surface area (Å²) in [4.78, 5) is 20.7. The topological polar surface area (TPSA) is 78.9 Å². The molecule has 6 heteroatoms. The Labute approximate surface area is 119 Å². The maximum atomic E-state index is 11.6. The fourth-order valence-corrected chi connectivity index (χ4v) is 1.96. The van der Waals surface area contributed by atoms with Crippen LogP contribution < -0.4 is 16.0 Å². The number of nitrogens with zero attached hydrogens (tertiary/aromatic N) is 2. The van der Waals surface area contributed by atoms with Crippen LogP contribution in [0.1, 0.15) is 43.5 Å². The largest absolute Gasteiger partial charge is 0.373 e. The molecule has 0 radical (unpaired) electrons. The van der Waals surface area contributed by atoms with E-state index in [-0.39, 0.29) is 12.5 Å². The highest BCUT2D eigenvalue weighted by Gasteiger charge is 2.28. The molecule has 0 atom stereocenters. The van der Waals surface area contributed by atoms with E-state index in [1.807, 2.05) is 20.9 Å². The molecule has 6 nitrogen and oxygen atoms in total. The molecule has 1 aromatic rings. The zero-order valence-corrected chi connectivity index (χ0v) is 12.4. The van der Waals surface area contributed by atoms with E-state index in [0.29, 0.717) is 12.5 Å². The van der Waals surface area contributed by atoms with Gasteiger partial charge in [0, 0.05) is 25.1 Å². The van der Waals surface area contributed by atoms with Crippen molar-refractivity contribution in [2.45, 2.75) is 39.0 Å². The van der Waals surface area contributed by atoms with E-state index in [1.165, 1.54) is 0 Å². The van der Waals surface area contributed by atoms with Crippen LogP contribution >= 0.6 is 0 Å². The lowest BCUT2D eigenvalue weighted by molar-refractivity contribution is -0.119. The molecule has 1 saturated carbocycles. The molecule has 1 aliphatic rings. The van der Waals surface area contributed by atoms with Crippen molar-refractivity contribution in [3.63, 3.8) is 0 Å². The third kappa shape index (κ3) is 3.59. The van der Waals surface area contributed by atoms with Gasteiger partial charge in [-0.3, -0.25) is 4.79 Å². The minimum atomic E-state index is -0.0103. The van der Waals surface area contributed by atoms with Crippen LogP contribution in [0.5, 0.6) is 0 Å². The number of amides is 1. The highest BCUT2D eigenvalue weighted by atomic mass is 16.1. The molecule has 0 spiro atoms. The van der Waals surface area contributed by atoms with Gasteiger partial charge >= 0.3 is 0 Å². The zero-order chi connectivity index (χ0) is 14.5. The summed E-state index contributed by atoms with van der Waals surface area (Å²) in [6.45, 7) is 4.93. The zero-order valence-electron chi connectivity index (χ0n) is 12.4. The molecule has 1 aliphatic carbocycles. The molecular formula is C14H23N5O. The van der Waals surface area contributed by atoms with Crippen LogP contribution in [0.3, 0.4) is 0 Å². The smallest absolute Gasteiger partial charge is 0.239 e. The van der Waals surface area contributed by atoms with Crippen LogP contribution in [0.25, 0.3) is 0 Å². The summed E-state index contributed by atoms with van der Waals surface area (Å²) in [5.74, 6) is 2.92. The highest BCUT2D eigenvalue weighted by molar-refractivity contribution is 5.80. The van der Waals surface area contributed by atoms with E-state index in [4.69, 9.17) is 0 Å². The van der Waals surface area contributed by atoms with Crippen molar-refractivity contribution >= 4 is 17.5 Å². The van der Waals surface area contributed by atoms with Crippen molar-refractivity contribution in [2.24, 2.45) is 0 Å². The molecular weight excluding hydrogens is 254 g/mol. The van der Waals surface area contributed by atoms with Gasteiger partial charge in [-0.15, -0.1) is 0 Å². The van der Waals surface area contributed by atoms with Crippen LogP contribution in [0.4, 0.5) is 11.6 Å². The van der Waals surface area contributed by atoms with E-state index in [0.717, 1.165) is 42.3 Å². The average Bonchev–Trinajstić information content (AvgIpc) is 3.28. The van der Waals surface area contributed by atoms with E-state index in [9.17, 15) is 4.79 Å². The quantitative estimate of drug-likeness (QED) is 0.706. The second-order valence-electron chi connectivity index (χ2n) is 5.13. The van der Waals surface area contributed by atoms with Gasteiger partial charge < -0.3 is 16.0 Å². The van der Waals surface area contributed by atoms with Gasteiger partial charge in [-0.25, -0.2) is 9.97 Å². The predicted molar refractivity (Wildman–Crippen MR) is 80.1 cm³/mol. The van der Waals surface area contributed by atoms with Gasteiger partial charge in [-0.2, -0.15) is 0 Å². The third-order valence-electron chi connectivity index (χ3n) is 3.33. The van der Waals surface area contributed by atoms with Crippen molar-refractivity contribution < 1.29 is 4.79 Å². The molecule has 0 saturated heterocycles. The first-order valence-corrected chi connectivity index (χ1v) is 7.22. The molecule has 1 aromatic heterocycles. The number of hydrogen-bond donors (Lipinski definition) is 3. The van der Waals surface area contributed by atoms with Crippen molar-refractivity contribution in [3.8, 4) is 0 Å². The molecule has 0 bridgehead atoms. The Bertz CT molecular complexity index is 485. The second kappa shape index (κ2) is 6.54. The van der Waals surface area contributed by atoms with E-state index in [2.05, 4.69) is 25.9 Å². The first-order valence-electron chi connectivity index (χ1n) is 7.22. The molecule has 2 rings (SSSR count). The lowest BCUT2D eigenvalue weighted by atomic mass is 10.2. The first kappa shape index (κ1) is 14.6. The Morgan fingerprint density at radius 3 is 2.60 bits per heavy atom. The van der Waals surface area contributed by atoms with Crippen LogP contribution in [0.15, 0.2) is 0 Å². The lowest BCUT2D eigenvalue weighted by Gasteiger charge is -2.13. The fraction of sp³-hybridized carbons (Fsp3) is 0.643. The maximum Gasteiger partial charge on any atom is 0.239 e. The highest BCUT2D eigenvalue weighted by Crippen LogP contribution is 2.39. The average molecular weight is 277 g/mol. The first-order chi connectivity index (χ1) is 9.65. The fourth-order valence-electron chi connectivity index (χ4n) is 1.96. The van der Waals surface area contributed by atoms with Crippen LogP contribution in [0.2, 0.25) is 0 Å². The number of nitrogens with one attached hydrogen (secondary N) is 3. The SMILES string of the molecule is CCCNC(=O)CNc1nc(C2CC2)nc(NC)c1C. The van der Waals surface area contributed by atoms with Crippen molar-refractivity contribution in [2.75, 3.05) is 30.8 Å². The number of aromatic nitrogens is 2. The van der Waals surface area contributed by atoms with Gasteiger partial charge in [0.2, 0.25) is 5.91 Å². The Morgan fingerprint density at radius 2 is 2.00 bits per heavy atom. The summed E-state index contributed by atoms with van der Waals surface area (Å²) in [7, 11) is 1.85. The molecule has 1 fully saturated rings. The van der Waals surface area contributed by atoms with Gasteiger partial charge in [0.1, 0.15) is 17.5 Å². The molecule has 0 aliphatic heterocycles. The lowest BCUT2D eigenvalue weighted by Crippen LogP contribution is -2.30. The predicted octanol–water partition coefficient (Wildman–Crippen LogP) is 1.64.